The number of nitrogens with zero attached hydrogens (tertiary/aromatic N) is 1. The Morgan fingerprint density at radius 3 is 1.92 bits per heavy atom. The lowest BCUT2D eigenvalue weighted by Gasteiger charge is -2.26. The van der Waals surface area contributed by atoms with Gasteiger partial charge in [-0.2, -0.15) is 0 Å². The lowest BCUT2D eigenvalue weighted by Crippen LogP contribution is -2.41. The number of benzene rings is 3. The van der Waals surface area contributed by atoms with Crippen LogP contribution in [0, 0.1) is 0 Å². The molecule has 4 rings (SSSR count). The maximum absolute atomic E-state index is 6.00. The molecule has 0 aromatic heterocycles. The van der Waals surface area contributed by atoms with Gasteiger partial charge in [0, 0.05) is 0 Å². The smallest absolute Gasteiger partial charge is 0.124 e. The van der Waals surface area contributed by atoms with E-state index in [-0.39, 0.29) is 11.2 Å². The van der Waals surface area contributed by atoms with Crippen molar-refractivity contribution in [3.8, 4) is 11.1 Å². The summed E-state index contributed by atoms with van der Waals surface area (Å²) in [5.74, 6) is 0. The Kier molecular flexibility index (Phi) is 3.60. The maximum atomic E-state index is 6.00. The van der Waals surface area contributed by atoms with Crippen molar-refractivity contribution in [3.63, 3.8) is 0 Å². The first kappa shape index (κ1) is 16.1. The van der Waals surface area contributed by atoms with Crippen molar-refractivity contribution in [3.05, 3.63) is 66.7 Å². The third-order valence-corrected chi connectivity index (χ3v) is 5.21. The summed E-state index contributed by atoms with van der Waals surface area (Å²) in [7, 11) is 0. The van der Waals surface area contributed by atoms with Crippen LogP contribution < -0.4 is 5.23 Å². The fraction of sp³-hybridized carbons (Fsp3) is 0.273. The van der Waals surface area contributed by atoms with Crippen LogP contribution >= 0.6 is 0 Å². The third kappa shape index (κ3) is 2.80. The summed E-state index contributed by atoms with van der Waals surface area (Å²) in [6, 6.07) is 23.2. The molecule has 1 aliphatic rings. The van der Waals surface area contributed by atoms with E-state index in [2.05, 4.69) is 54.6 Å². The molecule has 0 amide bonds. The molecule has 0 saturated carbocycles. The largest absolute Gasteiger partial charge is 0.239 e. The molecular weight excluding hydrogens is 310 g/mol. The van der Waals surface area contributed by atoms with Crippen LogP contribution in [-0.2, 0) is 9.68 Å². The molecule has 1 aliphatic heterocycles. The number of hydrogen-bond acceptors (Lipinski definition) is 3. The first-order valence-electron chi connectivity index (χ1n) is 8.63. The lowest BCUT2D eigenvalue weighted by molar-refractivity contribution is -0.0272. The Hall–Kier alpha value is -2.36. The topological polar surface area (TPSA) is 21.7 Å². The molecule has 1 heterocycles. The highest BCUT2D eigenvalue weighted by Crippen LogP contribution is 2.40. The molecular formula is C22H23NO2. The van der Waals surface area contributed by atoms with E-state index < -0.39 is 0 Å². The van der Waals surface area contributed by atoms with Crippen molar-refractivity contribution in [1.29, 1.82) is 0 Å². The van der Waals surface area contributed by atoms with E-state index >= 15 is 0 Å². The first-order chi connectivity index (χ1) is 11.9. The van der Waals surface area contributed by atoms with E-state index in [0.717, 1.165) is 11.1 Å². The molecule has 0 bridgehead atoms. The molecule has 3 aromatic carbocycles. The van der Waals surface area contributed by atoms with Crippen molar-refractivity contribution >= 4 is 16.5 Å². The number of fused-ring (bicyclic) bond motifs is 1. The van der Waals surface area contributed by atoms with Gasteiger partial charge in [0.05, 0.1) is 5.69 Å². The minimum absolute atomic E-state index is 0.390. The molecule has 0 atom stereocenters. The van der Waals surface area contributed by atoms with Crippen molar-refractivity contribution < 1.29 is 9.68 Å². The Morgan fingerprint density at radius 1 is 0.640 bits per heavy atom. The summed E-state index contributed by atoms with van der Waals surface area (Å²) >= 11 is 0. The Balaban J connectivity index is 1.68. The molecule has 128 valence electrons. The van der Waals surface area contributed by atoms with E-state index in [4.69, 9.17) is 9.68 Å². The van der Waals surface area contributed by atoms with Crippen molar-refractivity contribution in [2.24, 2.45) is 0 Å². The standard InChI is InChI=1S/C22H23NO2/c1-21(2)22(3,4)25-23(24-21)20-13-12-18-14-17(10-11-19(18)15-20)16-8-6-5-7-9-16/h5-15H,1-4H3. The zero-order valence-corrected chi connectivity index (χ0v) is 15.1. The molecule has 0 spiro atoms. The van der Waals surface area contributed by atoms with Gasteiger partial charge in [-0.3, -0.25) is 0 Å². The zero-order chi connectivity index (χ0) is 17.7. The summed E-state index contributed by atoms with van der Waals surface area (Å²) in [5.41, 5.74) is 2.57. The molecule has 0 radical (unpaired) electrons. The number of hydrogen-bond donors (Lipinski definition) is 0. The predicted molar refractivity (Wildman–Crippen MR) is 102 cm³/mol. The van der Waals surface area contributed by atoms with Gasteiger partial charge >= 0.3 is 0 Å². The molecule has 1 fully saturated rings. The summed E-state index contributed by atoms with van der Waals surface area (Å²) in [4.78, 5) is 12.0. The van der Waals surface area contributed by atoms with E-state index in [1.54, 1.807) is 5.23 Å². The highest BCUT2D eigenvalue weighted by molar-refractivity contribution is 5.89. The van der Waals surface area contributed by atoms with Gasteiger partial charge in [0.15, 0.2) is 0 Å². The third-order valence-electron chi connectivity index (χ3n) is 5.21. The molecule has 3 aromatic rings. The second-order valence-electron chi connectivity index (χ2n) is 7.57. The summed E-state index contributed by atoms with van der Waals surface area (Å²) in [5, 5.41) is 3.90. The van der Waals surface area contributed by atoms with Crippen LogP contribution in [0.4, 0.5) is 5.69 Å². The fourth-order valence-electron chi connectivity index (χ4n) is 2.92. The van der Waals surface area contributed by atoms with Gasteiger partial charge < -0.3 is 0 Å². The Labute approximate surface area is 148 Å². The average Bonchev–Trinajstić information content (AvgIpc) is 2.82. The van der Waals surface area contributed by atoms with Gasteiger partial charge in [0.25, 0.3) is 0 Å². The van der Waals surface area contributed by atoms with Gasteiger partial charge in [0.2, 0.25) is 0 Å². The van der Waals surface area contributed by atoms with Crippen molar-refractivity contribution in [2.45, 2.75) is 38.9 Å². The van der Waals surface area contributed by atoms with Crippen molar-refractivity contribution in [1.82, 2.24) is 0 Å². The minimum atomic E-state index is -0.390. The van der Waals surface area contributed by atoms with Crippen LogP contribution in [0.5, 0.6) is 0 Å². The summed E-state index contributed by atoms with van der Waals surface area (Å²) < 4.78 is 0. The second-order valence-corrected chi connectivity index (χ2v) is 7.57. The highest BCUT2D eigenvalue weighted by atomic mass is 17.0. The maximum Gasteiger partial charge on any atom is 0.124 e. The van der Waals surface area contributed by atoms with Gasteiger partial charge in [-0.25, -0.2) is 9.68 Å². The van der Waals surface area contributed by atoms with Crippen molar-refractivity contribution in [2.75, 3.05) is 5.23 Å². The van der Waals surface area contributed by atoms with Gasteiger partial charge in [-0.1, -0.05) is 48.5 Å². The molecule has 1 saturated heterocycles. The minimum Gasteiger partial charge on any atom is -0.239 e. The molecule has 0 aliphatic carbocycles. The quantitative estimate of drug-likeness (QED) is 0.596. The predicted octanol–water partition coefficient (Wildman–Crippen LogP) is 5.75. The van der Waals surface area contributed by atoms with E-state index in [9.17, 15) is 0 Å². The lowest BCUT2D eigenvalue weighted by atomic mass is 9.90. The normalized spacial score (nSPS) is 18.6. The molecule has 0 N–H and O–H groups in total. The molecule has 3 heteroatoms. The Morgan fingerprint density at radius 2 is 1.24 bits per heavy atom. The van der Waals surface area contributed by atoms with Gasteiger partial charge in [0.1, 0.15) is 11.2 Å². The summed E-state index contributed by atoms with van der Waals surface area (Å²) in [6.07, 6.45) is 0. The molecule has 25 heavy (non-hydrogen) atoms. The van der Waals surface area contributed by atoms with E-state index in [1.807, 2.05) is 39.8 Å². The van der Waals surface area contributed by atoms with Gasteiger partial charge in [-0.15, -0.1) is 5.23 Å². The zero-order valence-electron chi connectivity index (χ0n) is 15.1. The van der Waals surface area contributed by atoms with Gasteiger partial charge in [-0.05, 0) is 67.8 Å². The van der Waals surface area contributed by atoms with Crippen LogP contribution in [-0.4, -0.2) is 11.2 Å². The van der Waals surface area contributed by atoms with E-state index in [1.165, 1.54) is 16.5 Å². The Bertz CT molecular complexity index is 900. The van der Waals surface area contributed by atoms with Crippen LogP contribution in [0.3, 0.4) is 0 Å². The summed E-state index contributed by atoms with van der Waals surface area (Å²) in [6.45, 7) is 8.17. The van der Waals surface area contributed by atoms with Crippen LogP contribution in [0.2, 0.25) is 0 Å². The van der Waals surface area contributed by atoms with Crippen LogP contribution in [0.15, 0.2) is 66.7 Å². The van der Waals surface area contributed by atoms with E-state index in [0.29, 0.717) is 0 Å². The second kappa shape index (κ2) is 5.58. The van der Waals surface area contributed by atoms with Crippen LogP contribution in [0.25, 0.3) is 21.9 Å². The van der Waals surface area contributed by atoms with Crippen LogP contribution in [0.1, 0.15) is 27.7 Å². The number of rotatable bonds is 2. The first-order valence-corrected chi connectivity index (χ1v) is 8.63. The monoisotopic (exact) mass is 333 g/mol. The highest BCUT2D eigenvalue weighted by Gasteiger charge is 2.50. The molecule has 3 nitrogen and oxygen atoms in total. The molecule has 0 unspecified atom stereocenters. The average molecular weight is 333 g/mol. The number of anilines is 1. The SMILES string of the molecule is CC1(C)ON(c2ccc3cc(-c4ccccc4)ccc3c2)OC1(C)C. The fourth-order valence-corrected chi connectivity index (χ4v) is 2.92.